The average molecular weight is 467 g/mol. The maximum atomic E-state index is 13.5. The topological polar surface area (TPSA) is 76.2 Å². The lowest BCUT2D eigenvalue weighted by Crippen LogP contribution is -2.40. The van der Waals surface area contributed by atoms with Crippen molar-refractivity contribution in [3.8, 4) is 0 Å². The highest BCUT2D eigenvalue weighted by Crippen LogP contribution is 2.38. The third-order valence-corrected chi connectivity index (χ3v) is 6.48. The standard InChI is InChI=1S/C25H26N2O5S/c1-2-3-15-32-25(30)18-9-11-19(12-10-18)27-23(28)21(26-13-16-31-17-14-26)22(24(27)29)33-20-7-5-4-6-8-20/h4-12H,2-3,13-17H2,1H3. The first kappa shape index (κ1) is 23.1. The SMILES string of the molecule is CCCCOC(=O)c1ccc(N2C(=O)C(Sc3ccccc3)=C(N3CCOCC3)C2=O)cc1. The van der Waals surface area contributed by atoms with Crippen LogP contribution in [0.3, 0.4) is 0 Å². The molecule has 0 unspecified atom stereocenters. The normalized spacial score (nSPS) is 16.5. The second-order valence-electron chi connectivity index (χ2n) is 7.67. The number of nitrogens with zero attached hydrogens (tertiary/aromatic N) is 2. The predicted molar refractivity (Wildman–Crippen MR) is 126 cm³/mol. The molecule has 2 aromatic rings. The number of amides is 2. The molecular formula is C25H26N2O5S. The molecule has 0 atom stereocenters. The van der Waals surface area contributed by atoms with Crippen LogP contribution >= 0.6 is 11.8 Å². The number of carbonyl (C=O) groups is 3. The van der Waals surface area contributed by atoms with Crippen molar-refractivity contribution in [1.82, 2.24) is 4.90 Å². The number of benzene rings is 2. The Morgan fingerprint density at radius 2 is 1.70 bits per heavy atom. The lowest BCUT2D eigenvalue weighted by molar-refractivity contribution is -0.121. The minimum absolute atomic E-state index is 0.362. The van der Waals surface area contributed by atoms with Gasteiger partial charge in [-0.25, -0.2) is 9.69 Å². The molecule has 0 saturated carbocycles. The van der Waals surface area contributed by atoms with Crippen LogP contribution in [0.1, 0.15) is 30.1 Å². The van der Waals surface area contributed by atoms with Crippen LogP contribution in [0.2, 0.25) is 0 Å². The maximum Gasteiger partial charge on any atom is 0.338 e. The number of hydrogen-bond donors (Lipinski definition) is 0. The molecule has 2 amide bonds. The number of thioether (sulfide) groups is 1. The molecule has 0 N–H and O–H groups in total. The summed E-state index contributed by atoms with van der Waals surface area (Å²) in [6, 6.07) is 15.9. The van der Waals surface area contributed by atoms with Gasteiger partial charge in [0.05, 0.1) is 31.1 Å². The number of esters is 1. The van der Waals surface area contributed by atoms with Crippen molar-refractivity contribution >= 4 is 35.2 Å². The lowest BCUT2D eigenvalue weighted by Gasteiger charge is -2.29. The number of morpholine rings is 1. The van der Waals surface area contributed by atoms with E-state index in [-0.39, 0.29) is 11.8 Å². The van der Waals surface area contributed by atoms with E-state index < -0.39 is 5.97 Å². The van der Waals surface area contributed by atoms with Gasteiger partial charge in [0.25, 0.3) is 11.8 Å². The zero-order chi connectivity index (χ0) is 23.2. The third kappa shape index (κ3) is 5.12. The van der Waals surface area contributed by atoms with Gasteiger partial charge in [0.15, 0.2) is 0 Å². The van der Waals surface area contributed by atoms with E-state index in [1.807, 2.05) is 42.2 Å². The van der Waals surface area contributed by atoms with E-state index in [0.29, 0.717) is 54.8 Å². The lowest BCUT2D eigenvalue weighted by atomic mass is 10.2. The molecule has 2 aliphatic heterocycles. The third-order valence-electron chi connectivity index (χ3n) is 5.40. The quantitative estimate of drug-likeness (QED) is 0.332. The number of imide groups is 1. The summed E-state index contributed by atoms with van der Waals surface area (Å²) in [6.45, 7) is 4.49. The first-order valence-electron chi connectivity index (χ1n) is 11.1. The number of ether oxygens (including phenoxy) is 2. The molecule has 2 aliphatic rings. The number of anilines is 1. The van der Waals surface area contributed by atoms with Crippen LogP contribution in [0, 0.1) is 0 Å². The molecule has 0 aromatic heterocycles. The van der Waals surface area contributed by atoms with Crippen molar-refractivity contribution in [2.24, 2.45) is 0 Å². The molecule has 172 valence electrons. The molecule has 2 aromatic carbocycles. The smallest absolute Gasteiger partial charge is 0.338 e. The number of rotatable bonds is 8. The molecular weight excluding hydrogens is 440 g/mol. The van der Waals surface area contributed by atoms with Crippen molar-refractivity contribution in [2.45, 2.75) is 24.7 Å². The number of hydrogen-bond acceptors (Lipinski definition) is 7. The van der Waals surface area contributed by atoms with E-state index in [4.69, 9.17) is 9.47 Å². The van der Waals surface area contributed by atoms with E-state index >= 15 is 0 Å². The minimum atomic E-state index is -0.415. The van der Waals surface area contributed by atoms with Crippen molar-refractivity contribution < 1.29 is 23.9 Å². The van der Waals surface area contributed by atoms with Gasteiger partial charge in [-0.15, -0.1) is 0 Å². The Kier molecular flexibility index (Phi) is 7.47. The zero-order valence-electron chi connectivity index (χ0n) is 18.5. The highest BCUT2D eigenvalue weighted by Gasteiger charge is 2.42. The molecule has 8 heteroatoms. The number of unbranched alkanes of at least 4 members (excludes halogenated alkanes) is 1. The van der Waals surface area contributed by atoms with Crippen LogP contribution in [0.15, 0.2) is 70.1 Å². The van der Waals surface area contributed by atoms with Gasteiger partial charge in [-0.3, -0.25) is 9.59 Å². The average Bonchev–Trinajstić information content (AvgIpc) is 3.09. The summed E-state index contributed by atoms with van der Waals surface area (Å²) in [6.07, 6.45) is 1.74. The summed E-state index contributed by atoms with van der Waals surface area (Å²) >= 11 is 1.29. The molecule has 33 heavy (non-hydrogen) atoms. The van der Waals surface area contributed by atoms with Gasteiger partial charge in [0.1, 0.15) is 10.6 Å². The Labute approximate surface area is 197 Å². The largest absolute Gasteiger partial charge is 0.462 e. The molecule has 4 rings (SSSR count). The minimum Gasteiger partial charge on any atom is -0.462 e. The first-order chi connectivity index (χ1) is 16.1. The van der Waals surface area contributed by atoms with E-state index in [9.17, 15) is 14.4 Å². The van der Waals surface area contributed by atoms with E-state index in [2.05, 4.69) is 0 Å². The first-order valence-corrected chi connectivity index (χ1v) is 11.9. The fraction of sp³-hybridized carbons (Fsp3) is 0.320. The van der Waals surface area contributed by atoms with E-state index in [1.54, 1.807) is 24.3 Å². The second-order valence-corrected chi connectivity index (χ2v) is 8.76. The van der Waals surface area contributed by atoms with Gasteiger partial charge in [0.2, 0.25) is 0 Å². The summed E-state index contributed by atoms with van der Waals surface area (Å²) in [5.74, 6) is -1.14. The Balaban J connectivity index is 1.59. The molecule has 7 nitrogen and oxygen atoms in total. The van der Waals surface area contributed by atoms with Crippen LogP contribution < -0.4 is 4.90 Å². The van der Waals surface area contributed by atoms with E-state index in [1.165, 1.54) is 16.7 Å². The van der Waals surface area contributed by atoms with Crippen LogP contribution in [0.25, 0.3) is 0 Å². The Bertz CT molecular complexity index is 1050. The van der Waals surface area contributed by atoms with Crippen LogP contribution in [-0.2, 0) is 19.1 Å². The highest BCUT2D eigenvalue weighted by atomic mass is 32.2. The fourth-order valence-corrected chi connectivity index (χ4v) is 4.66. The Hall–Kier alpha value is -3.10. The van der Waals surface area contributed by atoms with Crippen LogP contribution in [-0.4, -0.2) is 55.6 Å². The van der Waals surface area contributed by atoms with Crippen molar-refractivity contribution in [1.29, 1.82) is 0 Å². The second kappa shape index (κ2) is 10.7. The zero-order valence-corrected chi connectivity index (χ0v) is 19.3. The van der Waals surface area contributed by atoms with Crippen LogP contribution in [0.5, 0.6) is 0 Å². The fourth-order valence-electron chi connectivity index (χ4n) is 3.64. The van der Waals surface area contributed by atoms with Crippen molar-refractivity contribution in [3.63, 3.8) is 0 Å². The molecule has 0 spiro atoms. The van der Waals surface area contributed by atoms with Gasteiger partial charge in [-0.2, -0.15) is 0 Å². The predicted octanol–water partition coefficient (Wildman–Crippen LogP) is 3.85. The van der Waals surface area contributed by atoms with Gasteiger partial charge in [-0.05, 0) is 42.8 Å². The van der Waals surface area contributed by atoms with Gasteiger partial charge < -0.3 is 14.4 Å². The van der Waals surface area contributed by atoms with Gasteiger partial charge in [0, 0.05) is 18.0 Å². The highest BCUT2D eigenvalue weighted by molar-refractivity contribution is 8.04. The summed E-state index contributed by atoms with van der Waals surface area (Å²) in [5.41, 5.74) is 1.21. The van der Waals surface area contributed by atoms with Crippen molar-refractivity contribution in [2.75, 3.05) is 37.8 Å². The maximum absolute atomic E-state index is 13.5. The molecule has 0 aliphatic carbocycles. The van der Waals surface area contributed by atoms with Gasteiger partial charge >= 0.3 is 5.97 Å². The summed E-state index contributed by atoms with van der Waals surface area (Å²) in [7, 11) is 0. The van der Waals surface area contributed by atoms with Crippen molar-refractivity contribution in [3.05, 3.63) is 70.8 Å². The van der Waals surface area contributed by atoms with E-state index in [0.717, 1.165) is 17.7 Å². The Morgan fingerprint density at radius 3 is 2.36 bits per heavy atom. The monoisotopic (exact) mass is 466 g/mol. The van der Waals surface area contributed by atoms with Gasteiger partial charge in [-0.1, -0.05) is 43.3 Å². The number of carbonyl (C=O) groups excluding carboxylic acids is 3. The molecule has 1 fully saturated rings. The summed E-state index contributed by atoms with van der Waals surface area (Å²) in [5, 5.41) is 0. The summed E-state index contributed by atoms with van der Waals surface area (Å²) in [4.78, 5) is 43.5. The molecule has 0 bridgehead atoms. The Morgan fingerprint density at radius 1 is 1.00 bits per heavy atom. The van der Waals surface area contributed by atoms with Crippen LogP contribution in [0.4, 0.5) is 5.69 Å². The molecule has 1 saturated heterocycles. The molecule has 0 radical (unpaired) electrons. The molecule has 2 heterocycles. The summed E-state index contributed by atoms with van der Waals surface area (Å²) < 4.78 is 10.7.